The van der Waals surface area contributed by atoms with Gasteiger partial charge in [0.05, 0.1) is 30.3 Å². The van der Waals surface area contributed by atoms with Crippen molar-refractivity contribution in [3.63, 3.8) is 0 Å². The number of ether oxygens (including phenoxy) is 2. The number of hydrogen-bond acceptors (Lipinski definition) is 8. The van der Waals surface area contributed by atoms with Crippen LogP contribution < -0.4 is 36.5 Å². The van der Waals surface area contributed by atoms with Gasteiger partial charge < -0.3 is 36.5 Å². The fourth-order valence-corrected chi connectivity index (χ4v) is 5.70. The molecule has 0 fully saturated rings. The standard InChI is InChI=1S/C36H66N6O2/c1-8-10-25-44-36-33(43-7)26-32(35-34(36)31(9-2)19-24-41-35)42-30(6)18-14-23-40-29(5)17-13-22-39-28(4)16-12-21-38-27(3)15-11-20-37/h19,24,26-30,38-40,42H,8-18,20-23,25,37H2,1-7H3. The zero-order chi connectivity index (χ0) is 32.2. The lowest BCUT2D eigenvalue weighted by molar-refractivity contribution is 0.292. The Balaban J connectivity index is 1.72. The van der Waals surface area contributed by atoms with Crippen molar-refractivity contribution in [2.24, 2.45) is 5.73 Å². The van der Waals surface area contributed by atoms with E-state index in [1.807, 2.05) is 6.20 Å². The van der Waals surface area contributed by atoms with Gasteiger partial charge in [0.25, 0.3) is 0 Å². The summed E-state index contributed by atoms with van der Waals surface area (Å²) in [6.45, 7) is 18.2. The average molecular weight is 615 g/mol. The summed E-state index contributed by atoms with van der Waals surface area (Å²) in [7, 11) is 1.72. The lowest BCUT2D eigenvalue weighted by Gasteiger charge is -2.21. The first-order valence-electron chi connectivity index (χ1n) is 17.6. The number of pyridine rings is 1. The number of aryl methyl sites for hydroxylation is 1. The van der Waals surface area contributed by atoms with Gasteiger partial charge >= 0.3 is 0 Å². The predicted molar refractivity (Wildman–Crippen MR) is 190 cm³/mol. The van der Waals surface area contributed by atoms with Gasteiger partial charge in [-0.25, -0.2) is 0 Å². The Labute approximate surface area is 269 Å². The predicted octanol–water partition coefficient (Wildman–Crippen LogP) is 6.80. The van der Waals surface area contributed by atoms with Crippen molar-refractivity contribution in [1.82, 2.24) is 20.9 Å². The van der Waals surface area contributed by atoms with E-state index in [0.29, 0.717) is 30.8 Å². The van der Waals surface area contributed by atoms with Crippen molar-refractivity contribution >= 4 is 16.6 Å². The highest BCUT2D eigenvalue weighted by molar-refractivity contribution is 5.99. The molecule has 1 aromatic heterocycles. The summed E-state index contributed by atoms with van der Waals surface area (Å²) in [5, 5.41) is 15.9. The molecule has 1 heterocycles. The molecule has 0 bridgehead atoms. The maximum absolute atomic E-state index is 6.26. The van der Waals surface area contributed by atoms with Crippen LogP contribution in [0.1, 0.15) is 111 Å². The smallest absolute Gasteiger partial charge is 0.170 e. The summed E-state index contributed by atoms with van der Waals surface area (Å²) >= 11 is 0. The summed E-state index contributed by atoms with van der Waals surface area (Å²) < 4.78 is 12.1. The number of hydrogen-bond donors (Lipinski definition) is 5. The lowest BCUT2D eigenvalue weighted by atomic mass is 10.0. The summed E-state index contributed by atoms with van der Waals surface area (Å²) in [6.07, 6.45) is 14.2. The van der Waals surface area contributed by atoms with Crippen LogP contribution in [-0.4, -0.2) is 69.0 Å². The van der Waals surface area contributed by atoms with Gasteiger partial charge in [0.2, 0.25) is 0 Å². The summed E-state index contributed by atoms with van der Waals surface area (Å²) in [5.41, 5.74) is 8.81. The molecule has 2 aromatic rings. The van der Waals surface area contributed by atoms with E-state index >= 15 is 0 Å². The molecule has 6 N–H and O–H groups in total. The second kappa shape index (κ2) is 22.4. The molecule has 2 rings (SSSR count). The van der Waals surface area contributed by atoms with Gasteiger partial charge in [-0.2, -0.15) is 0 Å². The number of nitrogens with zero attached hydrogens (tertiary/aromatic N) is 1. The van der Waals surface area contributed by atoms with Crippen LogP contribution in [0.2, 0.25) is 0 Å². The van der Waals surface area contributed by atoms with Gasteiger partial charge in [-0.3, -0.25) is 4.98 Å². The Morgan fingerprint density at radius 1 is 0.795 bits per heavy atom. The van der Waals surface area contributed by atoms with Crippen LogP contribution in [0.15, 0.2) is 18.3 Å². The van der Waals surface area contributed by atoms with E-state index in [1.165, 1.54) is 37.7 Å². The Kier molecular flexibility index (Phi) is 19.4. The molecule has 4 atom stereocenters. The van der Waals surface area contributed by atoms with Crippen LogP contribution in [0, 0.1) is 0 Å². The van der Waals surface area contributed by atoms with Crippen molar-refractivity contribution in [2.75, 3.05) is 45.2 Å². The van der Waals surface area contributed by atoms with Crippen LogP contribution in [-0.2, 0) is 6.42 Å². The van der Waals surface area contributed by atoms with Crippen LogP contribution >= 0.6 is 0 Å². The van der Waals surface area contributed by atoms with E-state index < -0.39 is 0 Å². The van der Waals surface area contributed by atoms with Crippen LogP contribution in [0.25, 0.3) is 10.9 Å². The van der Waals surface area contributed by atoms with Crippen LogP contribution in [0.3, 0.4) is 0 Å². The molecule has 0 aliphatic carbocycles. The minimum atomic E-state index is 0.314. The number of anilines is 1. The Morgan fingerprint density at radius 3 is 1.89 bits per heavy atom. The minimum absolute atomic E-state index is 0.314. The SMILES string of the molecule is CCCCOc1c(OC)cc(NC(C)CCCNC(C)CCCNC(C)CCCNC(C)CCCN)c2nccc(CC)c12. The molecule has 0 radical (unpaired) electrons. The maximum atomic E-state index is 6.26. The van der Waals surface area contributed by atoms with Crippen molar-refractivity contribution in [3.05, 3.63) is 23.9 Å². The molecule has 8 nitrogen and oxygen atoms in total. The number of nitrogens with two attached hydrogens (primary N) is 1. The fourth-order valence-electron chi connectivity index (χ4n) is 5.70. The molecular formula is C36H66N6O2. The van der Waals surface area contributed by atoms with Crippen molar-refractivity contribution in [1.29, 1.82) is 0 Å². The second-order valence-electron chi connectivity index (χ2n) is 12.7. The van der Waals surface area contributed by atoms with Crippen molar-refractivity contribution in [2.45, 2.75) is 136 Å². The van der Waals surface area contributed by atoms with Gasteiger partial charge in [0.15, 0.2) is 11.5 Å². The molecule has 1 aromatic carbocycles. The third kappa shape index (κ3) is 13.9. The quantitative estimate of drug-likeness (QED) is 0.0737. The molecule has 252 valence electrons. The number of unbranched alkanes of at least 4 members (excludes halogenated alkanes) is 1. The first-order valence-corrected chi connectivity index (χ1v) is 17.6. The summed E-state index contributed by atoms with van der Waals surface area (Å²) in [6, 6.07) is 6.13. The second-order valence-corrected chi connectivity index (χ2v) is 12.7. The number of rotatable bonds is 26. The zero-order valence-corrected chi connectivity index (χ0v) is 29.2. The molecular weight excluding hydrogens is 548 g/mol. The first-order chi connectivity index (χ1) is 21.3. The largest absolute Gasteiger partial charge is 0.493 e. The normalized spacial score (nSPS) is 14.4. The first kappa shape index (κ1) is 38.1. The van der Waals surface area contributed by atoms with E-state index in [2.05, 4.69) is 74.9 Å². The highest BCUT2D eigenvalue weighted by Gasteiger charge is 2.19. The van der Waals surface area contributed by atoms with Gasteiger partial charge in [-0.1, -0.05) is 20.3 Å². The number of benzene rings is 1. The molecule has 0 saturated carbocycles. The molecule has 4 unspecified atom stereocenters. The zero-order valence-electron chi connectivity index (χ0n) is 29.2. The van der Waals surface area contributed by atoms with Gasteiger partial charge in [-0.05, 0) is 130 Å². The van der Waals surface area contributed by atoms with Crippen molar-refractivity contribution < 1.29 is 9.47 Å². The van der Waals surface area contributed by atoms with Gasteiger partial charge in [-0.15, -0.1) is 0 Å². The molecule has 0 aliphatic rings. The molecule has 0 amide bonds. The molecule has 0 saturated heterocycles. The van der Waals surface area contributed by atoms with Crippen LogP contribution in [0.4, 0.5) is 5.69 Å². The van der Waals surface area contributed by atoms with E-state index in [4.69, 9.17) is 20.2 Å². The molecule has 44 heavy (non-hydrogen) atoms. The Hall–Kier alpha value is -2.13. The molecule has 8 heteroatoms. The highest BCUT2D eigenvalue weighted by Crippen LogP contribution is 2.42. The maximum Gasteiger partial charge on any atom is 0.170 e. The number of nitrogens with one attached hydrogen (secondary N) is 4. The Bertz CT molecular complexity index is 1040. The molecule has 0 aliphatic heterocycles. The van der Waals surface area contributed by atoms with Gasteiger partial charge in [0.1, 0.15) is 0 Å². The third-order valence-corrected chi connectivity index (χ3v) is 8.53. The minimum Gasteiger partial charge on any atom is -0.493 e. The third-order valence-electron chi connectivity index (χ3n) is 8.53. The average Bonchev–Trinajstić information content (AvgIpc) is 3.02. The fraction of sp³-hybridized carbons (Fsp3) is 0.750. The number of fused-ring (bicyclic) bond motifs is 1. The lowest BCUT2D eigenvalue weighted by Crippen LogP contribution is -2.32. The monoisotopic (exact) mass is 615 g/mol. The van der Waals surface area contributed by atoms with E-state index in [1.54, 1.807) is 7.11 Å². The number of aromatic nitrogens is 1. The van der Waals surface area contributed by atoms with E-state index in [-0.39, 0.29) is 0 Å². The van der Waals surface area contributed by atoms with E-state index in [0.717, 1.165) is 92.8 Å². The van der Waals surface area contributed by atoms with Crippen LogP contribution in [0.5, 0.6) is 11.5 Å². The number of methoxy groups -OCH3 is 1. The molecule has 0 spiro atoms. The van der Waals surface area contributed by atoms with Crippen molar-refractivity contribution in [3.8, 4) is 11.5 Å². The van der Waals surface area contributed by atoms with E-state index in [9.17, 15) is 0 Å². The highest BCUT2D eigenvalue weighted by atomic mass is 16.5. The topological polar surface area (TPSA) is 105 Å². The Morgan fingerprint density at radius 2 is 1.36 bits per heavy atom. The summed E-state index contributed by atoms with van der Waals surface area (Å²) in [5.74, 6) is 1.59. The van der Waals surface area contributed by atoms with Gasteiger partial charge in [0, 0.05) is 36.4 Å². The summed E-state index contributed by atoms with van der Waals surface area (Å²) in [4.78, 5) is 4.78.